The van der Waals surface area contributed by atoms with Crippen molar-refractivity contribution in [3.05, 3.63) is 65.4 Å². The highest BCUT2D eigenvalue weighted by Crippen LogP contribution is 2.18. The Morgan fingerprint density at radius 1 is 1.07 bits per heavy atom. The summed E-state index contributed by atoms with van der Waals surface area (Å²) in [5, 5.41) is 3.42. The third-order valence-electron chi connectivity index (χ3n) is 4.48. The van der Waals surface area contributed by atoms with E-state index in [1.54, 1.807) is 6.07 Å². The molecule has 3 rings (SSSR count). The molecule has 0 bridgehead atoms. The molecule has 2 amide bonds. The first-order valence-electron chi connectivity index (χ1n) is 9.54. The molecule has 0 unspecified atom stereocenters. The summed E-state index contributed by atoms with van der Waals surface area (Å²) >= 11 is 5.05. The standard InChI is InChI=1S/C22H24N4O3S/c1-13(2)15-6-8-17(9-7-15)29-12-20(27)25-26-22(30)24-21(28)19-11-16-5-4-14(3)10-18(16)23-19/h4-11,13,23H,12H2,1-3H3,(H,25,27)(H2,24,26,28,30). The lowest BCUT2D eigenvalue weighted by atomic mass is 10.0. The lowest BCUT2D eigenvalue weighted by Crippen LogP contribution is -2.49. The molecular weight excluding hydrogens is 400 g/mol. The summed E-state index contributed by atoms with van der Waals surface area (Å²) in [5.74, 6) is 0.188. The van der Waals surface area contributed by atoms with E-state index in [1.165, 1.54) is 5.56 Å². The molecule has 0 atom stereocenters. The summed E-state index contributed by atoms with van der Waals surface area (Å²) in [4.78, 5) is 27.3. The largest absolute Gasteiger partial charge is 0.484 e. The molecule has 0 fully saturated rings. The van der Waals surface area contributed by atoms with Crippen LogP contribution in [0.15, 0.2) is 48.5 Å². The highest BCUT2D eigenvalue weighted by atomic mass is 32.1. The summed E-state index contributed by atoms with van der Waals surface area (Å²) in [6.45, 7) is 6.00. The summed E-state index contributed by atoms with van der Waals surface area (Å²) in [5.41, 5.74) is 8.41. The van der Waals surface area contributed by atoms with Gasteiger partial charge in [0.25, 0.3) is 11.8 Å². The van der Waals surface area contributed by atoms with E-state index in [0.29, 0.717) is 17.4 Å². The predicted octanol–water partition coefficient (Wildman–Crippen LogP) is 3.31. The summed E-state index contributed by atoms with van der Waals surface area (Å²) < 4.78 is 5.44. The first kappa shape index (κ1) is 21.3. The average Bonchev–Trinajstić information content (AvgIpc) is 3.14. The van der Waals surface area contributed by atoms with Gasteiger partial charge in [-0.1, -0.05) is 38.1 Å². The highest BCUT2D eigenvalue weighted by Gasteiger charge is 2.12. The SMILES string of the molecule is Cc1ccc2cc(C(=O)NC(=S)NNC(=O)COc3ccc(C(C)C)cc3)[nH]c2c1. The molecule has 156 valence electrons. The van der Waals surface area contributed by atoms with Gasteiger partial charge in [0.2, 0.25) is 0 Å². The first-order valence-corrected chi connectivity index (χ1v) is 9.95. The van der Waals surface area contributed by atoms with Gasteiger partial charge in [-0.25, -0.2) is 0 Å². The van der Waals surface area contributed by atoms with Crippen LogP contribution in [0.25, 0.3) is 10.9 Å². The lowest BCUT2D eigenvalue weighted by molar-refractivity contribution is -0.123. The van der Waals surface area contributed by atoms with Gasteiger partial charge < -0.3 is 9.72 Å². The number of ether oxygens (including phenoxy) is 1. The molecule has 4 N–H and O–H groups in total. The smallest absolute Gasteiger partial charge is 0.276 e. The van der Waals surface area contributed by atoms with Crippen LogP contribution >= 0.6 is 12.2 Å². The molecular formula is C22H24N4O3S. The summed E-state index contributed by atoms with van der Waals surface area (Å²) in [7, 11) is 0. The number of rotatable bonds is 5. The number of aromatic amines is 1. The Labute approximate surface area is 180 Å². The number of aryl methyl sites for hydroxylation is 1. The number of thiocarbonyl (C=S) groups is 1. The number of amides is 2. The number of carbonyl (C=O) groups excluding carboxylic acids is 2. The van der Waals surface area contributed by atoms with Crippen molar-refractivity contribution in [3.63, 3.8) is 0 Å². The van der Waals surface area contributed by atoms with E-state index >= 15 is 0 Å². The van der Waals surface area contributed by atoms with Gasteiger partial charge in [0.15, 0.2) is 11.7 Å². The molecule has 0 aliphatic rings. The summed E-state index contributed by atoms with van der Waals surface area (Å²) in [6, 6.07) is 15.2. The molecule has 2 aromatic carbocycles. The number of aromatic nitrogens is 1. The fourth-order valence-electron chi connectivity index (χ4n) is 2.83. The van der Waals surface area contributed by atoms with Crippen LogP contribution in [0.4, 0.5) is 0 Å². The normalized spacial score (nSPS) is 10.7. The molecule has 8 heteroatoms. The quantitative estimate of drug-likeness (QED) is 0.372. The van der Waals surface area contributed by atoms with E-state index in [1.807, 2.05) is 49.4 Å². The van der Waals surface area contributed by atoms with E-state index in [-0.39, 0.29) is 11.7 Å². The second-order valence-corrected chi connectivity index (χ2v) is 7.65. The van der Waals surface area contributed by atoms with E-state index in [2.05, 4.69) is 35.0 Å². The fraction of sp³-hybridized carbons (Fsp3) is 0.227. The number of benzene rings is 2. The van der Waals surface area contributed by atoms with E-state index in [9.17, 15) is 9.59 Å². The molecule has 30 heavy (non-hydrogen) atoms. The first-order chi connectivity index (χ1) is 14.3. The molecule has 7 nitrogen and oxygen atoms in total. The molecule has 0 aliphatic heterocycles. The maximum Gasteiger partial charge on any atom is 0.276 e. The summed E-state index contributed by atoms with van der Waals surface area (Å²) in [6.07, 6.45) is 0. The van der Waals surface area contributed by atoms with Crippen molar-refractivity contribution in [2.45, 2.75) is 26.7 Å². The lowest BCUT2D eigenvalue weighted by Gasteiger charge is -2.11. The third kappa shape index (κ3) is 5.57. The number of nitrogens with one attached hydrogen (secondary N) is 4. The number of carbonyl (C=O) groups is 2. The number of H-pyrrole nitrogens is 1. The molecule has 0 spiro atoms. The number of hydrogen-bond acceptors (Lipinski definition) is 4. The molecule has 0 aliphatic carbocycles. The van der Waals surface area contributed by atoms with Crippen molar-refractivity contribution < 1.29 is 14.3 Å². The van der Waals surface area contributed by atoms with E-state index < -0.39 is 11.8 Å². The Hall–Kier alpha value is -3.39. The number of hydrazine groups is 1. The van der Waals surface area contributed by atoms with Gasteiger partial charge in [-0.2, -0.15) is 0 Å². The topological polar surface area (TPSA) is 95.2 Å². The van der Waals surface area contributed by atoms with Crippen molar-refractivity contribution in [2.75, 3.05) is 6.61 Å². The van der Waals surface area contributed by atoms with Crippen LogP contribution in [0.5, 0.6) is 5.75 Å². The van der Waals surface area contributed by atoms with Crippen LogP contribution < -0.4 is 20.9 Å². The van der Waals surface area contributed by atoms with Crippen molar-refractivity contribution in [1.29, 1.82) is 0 Å². The maximum atomic E-state index is 12.3. The minimum Gasteiger partial charge on any atom is -0.484 e. The van der Waals surface area contributed by atoms with Crippen molar-refractivity contribution in [1.82, 2.24) is 21.2 Å². The Morgan fingerprint density at radius 3 is 2.50 bits per heavy atom. The van der Waals surface area contributed by atoms with E-state index in [0.717, 1.165) is 16.5 Å². The Morgan fingerprint density at radius 2 is 1.80 bits per heavy atom. The molecule has 1 heterocycles. The molecule has 0 saturated carbocycles. The highest BCUT2D eigenvalue weighted by molar-refractivity contribution is 7.80. The van der Waals surface area contributed by atoms with Crippen molar-refractivity contribution >= 4 is 40.0 Å². The molecule has 0 radical (unpaired) electrons. The minimum atomic E-state index is -0.430. The van der Waals surface area contributed by atoms with Gasteiger partial charge in [0, 0.05) is 10.9 Å². The van der Waals surface area contributed by atoms with Gasteiger partial charge in [0.1, 0.15) is 11.4 Å². The van der Waals surface area contributed by atoms with Crippen LogP contribution in [-0.4, -0.2) is 28.5 Å². The molecule has 3 aromatic rings. The van der Waals surface area contributed by atoms with Crippen LogP contribution in [0, 0.1) is 6.92 Å². The van der Waals surface area contributed by atoms with Gasteiger partial charge >= 0.3 is 0 Å². The van der Waals surface area contributed by atoms with Gasteiger partial charge in [-0.05, 0) is 60.5 Å². The third-order valence-corrected chi connectivity index (χ3v) is 4.69. The second kappa shape index (κ2) is 9.41. The number of fused-ring (bicyclic) bond motifs is 1. The Balaban J connectivity index is 1.44. The van der Waals surface area contributed by atoms with Crippen LogP contribution in [-0.2, 0) is 4.79 Å². The van der Waals surface area contributed by atoms with Crippen LogP contribution in [0.1, 0.15) is 41.4 Å². The monoisotopic (exact) mass is 424 g/mol. The van der Waals surface area contributed by atoms with Gasteiger partial charge in [-0.3, -0.25) is 25.8 Å². The zero-order valence-corrected chi connectivity index (χ0v) is 17.9. The van der Waals surface area contributed by atoms with Crippen LogP contribution in [0.2, 0.25) is 0 Å². The molecule has 1 aromatic heterocycles. The second-order valence-electron chi connectivity index (χ2n) is 7.24. The number of hydrogen-bond donors (Lipinski definition) is 4. The maximum absolute atomic E-state index is 12.3. The zero-order valence-electron chi connectivity index (χ0n) is 17.0. The molecule has 0 saturated heterocycles. The van der Waals surface area contributed by atoms with E-state index in [4.69, 9.17) is 17.0 Å². The average molecular weight is 425 g/mol. The Bertz CT molecular complexity index is 1070. The minimum absolute atomic E-state index is 0.0236. The predicted molar refractivity (Wildman–Crippen MR) is 120 cm³/mol. The Kier molecular flexibility index (Phi) is 6.68. The fourth-order valence-corrected chi connectivity index (χ4v) is 2.97. The van der Waals surface area contributed by atoms with Crippen molar-refractivity contribution in [3.8, 4) is 5.75 Å². The van der Waals surface area contributed by atoms with Crippen LogP contribution in [0.3, 0.4) is 0 Å². The zero-order chi connectivity index (χ0) is 21.7. The van der Waals surface area contributed by atoms with Gasteiger partial charge in [-0.15, -0.1) is 0 Å². The van der Waals surface area contributed by atoms with Gasteiger partial charge in [0.05, 0.1) is 0 Å². The van der Waals surface area contributed by atoms with Crippen molar-refractivity contribution in [2.24, 2.45) is 0 Å².